The second kappa shape index (κ2) is 5.95. The van der Waals surface area contributed by atoms with Crippen LogP contribution in [0.15, 0.2) is 48.8 Å². The molecule has 110 valence electrons. The second-order valence-corrected chi connectivity index (χ2v) is 5.15. The van der Waals surface area contributed by atoms with Crippen molar-refractivity contribution in [1.29, 1.82) is 0 Å². The van der Waals surface area contributed by atoms with Crippen molar-refractivity contribution in [2.45, 2.75) is 6.92 Å². The average molecular weight is 314 g/mol. The van der Waals surface area contributed by atoms with Gasteiger partial charge in [-0.15, -0.1) is 5.10 Å². The first-order chi connectivity index (χ1) is 10.6. The van der Waals surface area contributed by atoms with Crippen LogP contribution in [-0.2, 0) is 0 Å². The Morgan fingerprint density at radius 2 is 1.95 bits per heavy atom. The number of carbonyl (C=O) groups is 1. The number of tetrazole rings is 1. The van der Waals surface area contributed by atoms with E-state index in [1.807, 2.05) is 13.0 Å². The molecule has 0 unspecified atom stereocenters. The van der Waals surface area contributed by atoms with Crippen molar-refractivity contribution in [2.24, 2.45) is 0 Å². The minimum absolute atomic E-state index is 0.200. The molecule has 0 radical (unpaired) electrons. The summed E-state index contributed by atoms with van der Waals surface area (Å²) >= 11 is 5.95. The van der Waals surface area contributed by atoms with Crippen molar-refractivity contribution in [3.63, 3.8) is 0 Å². The van der Waals surface area contributed by atoms with Crippen LogP contribution in [0, 0.1) is 6.92 Å². The fraction of sp³-hybridized carbons (Fsp3) is 0.0667. The Kier molecular flexibility index (Phi) is 3.84. The third-order valence-electron chi connectivity index (χ3n) is 3.19. The maximum absolute atomic E-state index is 12.3. The predicted octanol–water partition coefficient (Wildman–Crippen LogP) is 2.88. The first-order valence-electron chi connectivity index (χ1n) is 6.54. The normalized spacial score (nSPS) is 10.5. The van der Waals surface area contributed by atoms with Crippen LogP contribution in [0.25, 0.3) is 5.69 Å². The minimum atomic E-state index is -0.200. The summed E-state index contributed by atoms with van der Waals surface area (Å²) in [6.07, 6.45) is 1.49. The lowest BCUT2D eigenvalue weighted by atomic mass is 10.1. The lowest BCUT2D eigenvalue weighted by Crippen LogP contribution is -2.12. The first kappa shape index (κ1) is 14.2. The largest absolute Gasteiger partial charge is 0.322 e. The number of halogens is 1. The summed E-state index contributed by atoms with van der Waals surface area (Å²) < 4.78 is 1.52. The molecule has 0 bridgehead atoms. The molecule has 1 heterocycles. The Bertz CT molecular complexity index is 799. The molecule has 1 aromatic heterocycles. The van der Waals surface area contributed by atoms with Crippen LogP contribution in [-0.4, -0.2) is 26.1 Å². The molecule has 3 aromatic rings. The molecule has 1 N–H and O–H groups in total. The number of benzene rings is 2. The van der Waals surface area contributed by atoms with Crippen LogP contribution in [0.4, 0.5) is 5.69 Å². The van der Waals surface area contributed by atoms with Gasteiger partial charge in [0.2, 0.25) is 0 Å². The molecule has 0 fully saturated rings. The summed E-state index contributed by atoms with van der Waals surface area (Å²) in [5, 5.41) is 14.4. The Morgan fingerprint density at radius 1 is 1.18 bits per heavy atom. The van der Waals surface area contributed by atoms with Gasteiger partial charge in [0.25, 0.3) is 5.91 Å². The second-order valence-electron chi connectivity index (χ2n) is 4.71. The molecule has 7 heteroatoms. The molecule has 1 amide bonds. The lowest BCUT2D eigenvalue weighted by Gasteiger charge is -2.09. The topological polar surface area (TPSA) is 72.7 Å². The lowest BCUT2D eigenvalue weighted by molar-refractivity contribution is 0.102. The fourth-order valence-electron chi connectivity index (χ4n) is 1.97. The molecular weight excluding hydrogens is 302 g/mol. The molecule has 22 heavy (non-hydrogen) atoms. The Morgan fingerprint density at radius 3 is 2.64 bits per heavy atom. The van der Waals surface area contributed by atoms with Crippen LogP contribution in [0.2, 0.25) is 5.02 Å². The van der Waals surface area contributed by atoms with Crippen LogP contribution in [0.3, 0.4) is 0 Å². The van der Waals surface area contributed by atoms with Crippen LogP contribution in [0.5, 0.6) is 0 Å². The summed E-state index contributed by atoms with van der Waals surface area (Å²) in [6.45, 7) is 1.91. The van der Waals surface area contributed by atoms with Crippen LogP contribution in [0.1, 0.15) is 15.9 Å². The standard InChI is InChI=1S/C15H12ClN5O/c1-10-2-5-12(16)8-14(10)18-15(22)11-3-6-13(7-4-11)21-9-17-19-20-21/h2-9H,1H3,(H,18,22). The molecular formula is C15H12ClN5O. The van der Waals surface area contributed by atoms with Gasteiger partial charge in [0.05, 0.1) is 5.69 Å². The summed E-state index contributed by atoms with van der Waals surface area (Å²) in [7, 11) is 0. The van der Waals surface area contributed by atoms with Crippen molar-refractivity contribution in [1.82, 2.24) is 20.2 Å². The van der Waals surface area contributed by atoms with Crippen molar-refractivity contribution in [2.75, 3.05) is 5.32 Å². The van der Waals surface area contributed by atoms with E-state index in [2.05, 4.69) is 20.8 Å². The molecule has 6 nitrogen and oxygen atoms in total. The molecule has 3 rings (SSSR count). The zero-order valence-corrected chi connectivity index (χ0v) is 12.4. The highest BCUT2D eigenvalue weighted by Gasteiger charge is 2.09. The van der Waals surface area contributed by atoms with E-state index in [0.717, 1.165) is 11.3 Å². The third-order valence-corrected chi connectivity index (χ3v) is 3.43. The number of hydrogen-bond donors (Lipinski definition) is 1. The molecule has 0 spiro atoms. The molecule has 0 aliphatic carbocycles. The first-order valence-corrected chi connectivity index (χ1v) is 6.92. The number of nitrogens with one attached hydrogen (secondary N) is 1. The van der Waals surface area contributed by atoms with Gasteiger partial charge in [0.15, 0.2) is 0 Å². The van der Waals surface area contributed by atoms with Gasteiger partial charge in [-0.3, -0.25) is 4.79 Å². The summed E-state index contributed by atoms with van der Waals surface area (Å²) in [5.41, 5.74) is 2.96. The number of carbonyl (C=O) groups excluding carboxylic acids is 1. The van der Waals surface area contributed by atoms with E-state index in [1.165, 1.54) is 11.0 Å². The van der Waals surface area contributed by atoms with Crippen molar-refractivity contribution < 1.29 is 4.79 Å². The van der Waals surface area contributed by atoms with E-state index < -0.39 is 0 Å². The van der Waals surface area contributed by atoms with Gasteiger partial charge >= 0.3 is 0 Å². The zero-order chi connectivity index (χ0) is 15.5. The van der Waals surface area contributed by atoms with E-state index in [4.69, 9.17) is 11.6 Å². The van der Waals surface area contributed by atoms with E-state index in [1.54, 1.807) is 36.4 Å². The number of nitrogens with zero attached hydrogens (tertiary/aromatic N) is 4. The van der Waals surface area contributed by atoms with Crippen molar-refractivity contribution >= 4 is 23.2 Å². The molecule has 0 atom stereocenters. The van der Waals surface area contributed by atoms with Gasteiger partial charge < -0.3 is 5.32 Å². The molecule has 0 aliphatic heterocycles. The molecule has 2 aromatic carbocycles. The Balaban J connectivity index is 1.79. The SMILES string of the molecule is Cc1ccc(Cl)cc1NC(=O)c1ccc(-n2cnnn2)cc1. The van der Waals surface area contributed by atoms with E-state index >= 15 is 0 Å². The van der Waals surface area contributed by atoms with Crippen molar-refractivity contribution in [3.05, 3.63) is 64.9 Å². The van der Waals surface area contributed by atoms with E-state index in [-0.39, 0.29) is 5.91 Å². The highest BCUT2D eigenvalue weighted by Crippen LogP contribution is 2.21. The van der Waals surface area contributed by atoms with Crippen molar-refractivity contribution in [3.8, 4) is 5.69 Å². The Labute approximate surface area is 131 Å². The van der Waals surface area contributed by atoms with Gasteiger partial charge in [0, 0.05) is 16.3 Å². The minimum Gasteiger partial charge on any atom is -0.322 e. The van der Waals surface area contributed by atoms with E-state index in [9.17, 15) is 4.79 Å². The summed E-state index contributed by atoms with van der Waals surface area (Å²) in [6, 6.07) is 12.3. The zero-order valence-electron chi connectivity index (χ0n) is 11.7. The van der Waals surface area contributed by atoms with Gasteiger partial charge in [0.1, 0.15) is 6.33 Å². The molecule has 0 saturated carbocycles. The maximum atomic E-state index is 12.3. The average Bonchev–Trinajstić information content (AvgIpc) is 3.05. The van der Waals surface area contributed by atoms with Gasteiger partial charge in [-0.1, -0.05) is 17.7 Å². The predicted molar refractivity (Wildman–Crippen MR) is 83.3 cm³/mol. The van der Waals surface area contributed by atoms with Gasteiger partial charge in [-0.2, -0.15) is 0 Å². The fourth-order valence-corrected chi connectivity index (χ4v) is 2.14. The number of hydrogen-bond acceptors (Lipinski definition) is 4. The number of amides is 1. The Hall–Kier alpha value is -2.73. The molecule has 0 aliphatic rings. The third kappa shape index (κ3) is 2.96. The maximum Gasteiger partial charge on any atom is 0.255 e. The summed E-state index contributed by atoms with van der Waals surface area (Å²) in [4.78, 5) is 12.3. The highest BCUT2D eigenvalue weighted by molar-refractivity contribution is 6.31. The number of aryl methyl sites for hydroxylation is 1. The number of anilines is 1. The van der Waals surface area contributed by atoms with E-state index in [0.29, 0.717) is 16.3 Å². The monoisotopic (exact) mass is 313 g/mol. The van der Waals surface area contributed by atoms with Crippen LogP contribution < -0.4 is 5.32 Å². The highest BCUT2D eigenvalue weighted by atomic mass is 35.5. The molecule has 0 saturated heterocycles. The van der Waals surface area contributed by atoms with Crippen LogP contribution >= 0.6 is 11.6 Å². The van der Waals surface area contributed by atoms with Gasteiger partial charge in [-0.05, 0) is 59.3 Å². The number of aromatic nitrogens is 4. The summed E-state index contributed by atoms with van der Waals surface area (Å²) in [5.74, 6) is -0.200. The number of rotatable bonds is 3. The smallest absolute Gasteiger partial charge is 0.255 e. The quantitative estimate of drug-likeness (QED) is 0.807. The van der Waals surface area contributed by atoms with Gasteiger partial charge in [-0.25, -0.2) is 4.68 Å².